The van der Waals surface area contributed by atoms with Crippen LogP contribution in [0.15, 0.2) is 54.9 Å². The van der Waals surface area contributed by atoms with Crippen LogP contribution in [-0.4, -0.2) is 68.8 Å². The molecule has 176 valence electrons. The van der Waals surface area contributed by atoms with Crippen molar-refractivity contribution in [3.05, 3.63) is 71.9 Å². The van der Waals surface area contributed by atoms with E-state index in [0.717, 1.165) is 35.4 Å². The van der Waals surface area contributed by atoms with Gasteiger partial charge in [-0.2, -0.15) is 5.10 Å². The third-order valence-corrected chi connectivity index (χ3v) is 6.47. The number of halogens is 1. The Balaban J connectivity index is 1.30. The van der Waals surface area contributed by atoms with Crippen molar-refractivity contribution < 1.29 is 18.7 Å². The van der Waals surface area contributed by atoms with E-state index in [1.165, 1.54) is 12.1 Å². The Kier molecular flexibility index (Phi) is 6.24. The zero-order chi connectivity index (χ0) is 23.5. The number of cyclic esters (lactones) is 1. The second-order valence-electron chi connectivity index (χ2n) is 8.64. The molecule has 2 fully saturated rings. The molecule has 9 heteroatoms. The monoisotopic (exact) mass is 463 g/mol. The fourth-order valence-electron chi connectivity index (χ4n) is 4.60. The van der Waals surface area contributed by atoms with Gasteiger partial charge in [0.05, 0.1) is 12.2 Å². The van der Waals surface area contributed by atoms with Crippen molar-refractivity contribution in [2.45, 2.75) is 31.8 Å². The lowest BCUT2D eigenvalue weighted by atomic mass is 10.0. The van der Waals surface area contributed by atoms with Gasteiger partial charge in [-0.3, -0.25) is 14.5 Å². The predicted octanol–water partition coefficient (Wildman–Crippen LogP) is 3.12. The summed E-state index contributed by atoms with van der Waals surface area (Å²) >= 11 is 0. The van der Waals surface area contributed by atoms with Gasteiger partial charge in [0.15, 0.2) is 0 Å². The third-order valence-electron chi connectivity index (χ3n) is 6.47. The molecule has 2 aromatic heterocycles. The molecule has 0 aliphatic carbocycles. The van der Waals surface area contributed by atoms with E-state index >= 15 is 0 Å². The fourth-order valence-corrected chi connectivity index (χ4v) is 4.60. The molecule has 0 spiro atoms. The number of hydrogen-bond donors (Lipinski definition) is 0. The van der Waals surface area contributed by atoms with Gasteiger partial charge in [0.1, 0.15) is 19.0 Å². The Morgan fingerprint density at radius 3 is 2.47 bits per heavy atom. The average molecular weight is 464 g/mol. The third kappa shape index (κ3) is 4.78. The number of nitrogens with zero attached hydrogens (tertiary/aromatic N) is 5. The first kappa shape index (κ1) is 22.1. The van der Waals surface area contributed by atoms with Crippen LogP contribution in [0, 0.1) is 5.82 Å². The first-order valence-electron chi connectivity index (χ1n) is 11.5. The standard InChI is InChI=1S/C25H26FN5O3/c26-20-3-1-18(2-4-20)15-22-16-23(19-5-9-27-10-6-19)28-31(22)17-24(32)29-11-7-21(8-12-29)30-13-14-34-25(30)33/h1-6,9-10,16,21H,7-8,11-15,17H2. The Labute approximate surface area is 196 Å². The highest BCUT2D eigenvalue weighted by atomic mass is 19.1. The Bertz CT molecular complexity index is 1160. The number of rotatable bonds is 6. The number of carbonyl (C=O) groups excluding carboxylic acids is 2. The van der Waals surface area contributed by atoms with Gasteiger partial charge in [0, 0.05) is 49.2 Å². The molecule has 2 aliphatic heterocycles. The highest BCUT2D eigenvalue weighted by Gasteiger charge is 2.33. The maximum atomic E-state index is 13.4. The highest BCUT2D eigenvalue weighted by molar-refractivity contribution is 5.76. The minimum absolute atomic E-state index is 0.00724. The summed E-state index contributed by atoms with van der Waals surface area (Å²) < 4.78 is 20.1. The van der Waals surface area contributed by atoms with Gasteiger partial charge in [-0.15, -0.1) is 0 Å². The summed E-state index contributed by atoms with van der Waals surface area (Å²) in [6, 6.07) is 12.2. The van der Waals surface area contributed by atoms with Gasteiger partial charge in [0.2, 0.25) is 5.91 Å². The smallest absolute Gasteiger partial charge is 0.410 e. The minimum Gasteiger partial charge on any atom is -0.448 e. The Hall–Kier alpha value is -3.75. The molecule has 2 amide bonds. The number of ether oxygens (including phenoxy) is 1. The van der Waals surface area contributed by atoms with Gasteiger partial charge in [-0.1, -0.05) is 12.1 Å². The van der Waals surface area contributed by atoms with Gasteiger partial charge in [0.25, 0.3) is 0 Å². The van der Waals surface area contributed by atoms with Crippen LogP contribution in [0.5, 0.6) is 0 Å². The maximum absolute atomic E-state index is 13.4. The average Bonchev–Trinajstić information content (AvgIpc) is 3.47. The van der Waals surface area contributed by atoms with Crippen LogP contribution in [0.1, 0.15) is 24.1 Å². The number of aromatic nitrogens is 3. The first-order chi connectivity index (χ1) is 16.6. The number of benzene rings is 1. The molecule has 2 saturated heterocycles. The molecule has 3 aromatic rings. The van der Waals surface area contributed by atoms with Gasteiger partial charge in [-0.25, -0.2) is 9.18 Å². The van der Waals surface area contributed by atoms with E-state index < -0.39 is 0 Å². The lowest BCUT2D eigenvalue weighted by Crippen LogP contribution is -2.47. The van der Waals surface area contributed by atoms with Crippen LogP contribution < -0.4 is 0 Å². The van der Waals surface area contributed by atoms with Crippen LogP contribution >= 0.6 is 0 Å². The normalized spacial score (nSPS) is 16.7. The second kappa shape index (κ2) is 9.62. The number of carbonyl (C=O) groups is 2. The van der Waals surface area contributed by atoms with Gasteiger partial charge >= 0.3 is 6.09 Å². The molecule has 4 heterocycles. The molecule has 0 saturated carbocycles. The second-order valence-corrected chi connectivity index (χ2v) is 8.64. The van der Waals surface area contributed by atoms with E-state index in [4.69, 9.17) is 9.84 Å². The van der Waals surface area contributed by atoms with E-state index in [1.807, 2.05) is 23.1 Å². The lowest BCUT2D eigenvalue weighted by Gasteiger charge is -2.35. The molecular weight excluding hydrogens is 437 g/mol. The number of amides is 2. The summed E-state index contributed by atoms with van der Waals surface area (Å²) in [5, 5.41) is 4.71. The summed E-state index contributed by atoms with van der Waals surface area (Å²) in [6.45, 7) is 2.37. The Morgan fingerprint density at radius 1 is 1.06 bits per heavy atom. The molecule has 2 aliphatic rings. The van der Waals surface area contributed by atoms with Crippen molar-refractivity contribution >= 4 is 12.0 Å². The summed E-state index contributed by atoms with van der Waals surface area (Å²) in [7, 11) is 0. The van der Waals surface area contributed by atoms with E-state index in [-0.39, 0.29) is 30.4 Å². The van der Waals surface area contributed by atoms with E-state index in [1.54, 1.807) is 34.1 Å². The van der Waals surface area contributed by atoms with E-state index in [0.29, 0.717) is 32.7 Å². The highest BCUT2D eigenvalue weighted by Crippen LogP contribution is 2.23. The fraction of sp³-hybridized carbons (Fsp3) is 0.360. The van der Waals surface area contributed by atoms with Gasteiger partial charge in [-0.05, 0) is 48.7 Å². The van der Waals surface area contributed by atoms with Crippen molar-refractivity contribution in [3.63, 3.8) is 0 Å². The molecule has 0 N–H and O–H groups in total. The Morgan fingerprint density at radius 2 is 1.79 bits per heavy atom. The van der Waals surface area contributed by atoms with Crippen LogP contribution in [-0.2, 0) is 22.5 Å². The molecule has 0 radical (unpaired) electrons. The lowest BCUT2D eigenvalue weighted by molar-refractivity contribution is -0.133. The van der Waals surface area contributed by atoms with Crippen LogP contribution in [0.2, 0.25) is 0 Å². The van der Waals surface area contributed by atoms with E-state index in [9.17, 15) is 14.0 Å². The zero-order valence-corrected chi connectivity index (χ0v) is 18.8. The van der Waals surface area contributed by atoms with Crippen molar-refractivity contribution in [2.24, 2.45) is 0 Å². The summed E-state index contributed by atoms with van der Waals surface area (Å²) in [5.41, 5.74) is 3.49. The van der Waals surface area contributed by atoms with Crippen LogP contribution in [0.3, 0.4) is 0 Å². The zero-order valence-electron chi connectivity index (χ0n) is 18.8. The predicted molar refractivity (Wildman–Crippen MR) is 122 cm³/mol. The first-order valence-corrected chi connectivity index (χ1v) is 11.5. The van der Waals surface area contributed by atoms with Crippen molar-refractivity contribution in [1.82, 2.24) is 24.6 Å². The molecule has 0 unspecified atom stereocenters. The van der Waals surface area contributed by atoms with E-state index in [2.05, 4.69) is 4.98 Å². The van der Waals surface area contributed by atoms with Crippen molar-refractivity contribution in [3.8, 4) is 11.3 Å². The quantitative estimate of drug-likeness (QED) is 0.561. The topological polar surface area (TPSA) is 80.6 Å². The molecule has 5 rings (SSSR count). The SMILES string of the molecule is O=C(Cn1nc(-c2ccncc2)cc1Cc1ccc(F)cc1)N1CCC(N2CCOC2=O)CC1. The van der Waals surface area contributed by atoms with Crippen molar-refractivity contribution in [2.75, 3.05) is 26.2 Å². The minimum atomic E-state index is -0.282. The molecule has 0 atom stereocenters. The number of pyridine rings is 1. The molecule has 8 nitrogen and oxygen atoms in total. The number of likely N-dealkylation sites (tertiary alicyclic amines) is 1. The maximum Gasteiger partial charge on any atom is 0.410 e. The summed E-state index contributed by atoms with van der Waals surface area (Å²) in [5.74, 6) is -0.289. The molecule has 34 heavy (non-hydrogen) atoms. The van der Waals surface area contributed by atoms with Crippen LogP contribution in [0.4, 0.5) is 9.18 Å². The van der Waals surface area contributed by atoms with Gasteiger partial charge < -0.3 is 14.5 Å². The molecule has 0 bridgehead atoms. The molecular formula is C25H26FN5O3. The molecule has 1 aromatic carbocycles. The summed E-state index contributed by atoms with van der Waals surface area (Å²) in [6.07, 6.45) is 5.18. The van der Waals surface area contributed by atoms with Crippen molar-refractivity contribution in [1.29, 1.82) is 0 Å². The van der Waals surface area contributed by atoms with Crippen LogP contribution in [0.25, 0.3) is 11.3 Å². The summed E-state index contributed by atoms with van der Waals surface area (Å²) in [4.78, 5) is 32.7. The number of hydrogen-bond acceptors (Lipinski definition) is 5. The largest absolute Gasteiger partial charge is 0.448 e. The number of piperidine rings is 1.